The predicted octanol–water partition coefficient (Wildman–Crippen LogP) is 6.17. The zero-order valence-corrected chi connectivity index (χ0v) is 19.5. The van der Waals surface area contributed by atoms with E-state index in [0.717, 1.165) is 21.8 Å². The molecule has 2 amide bonds. The van der Waals surface area contributed by atoms with Crippen LogP contribution < -0.4 is 4.74 Å². The smallest absolute Gasteiger partial charge is 0.293 e. The zero-order chi connectivity index (χ0) is 23.4. The second kappa shape index (κ2) is 10.0. The molecular formula is C24H17BrN2O5S. The van der Waals surface area contributed by atoms with Crippen LogP contribution in [0.4, 0.5) is 10.5 Å². The van der Waals surface area contributed by atoms with E-state index < -0.39 is 4.92 Å². The number of nitro groups is 1. The molecule has 0 aliphatic carbocycles. The topological polar surface area (TPSA) is 89.7 Å². The number of rotatable bonds is 7. The van der Waals surface area contributed by atoms with Gasteiger partial charge in [-0.05, 0) is 47.2 Å². The van der Waals surface area contributed by atoms with E-state index in [2.05, 4.69) is 15.9 Å². The summed E-state index contributed by atoms with van der Waals surface area (Å²) in [5.41, 5.74) is 2.10. The Morgan fingerprint density at radius 3 is 2.52 bits per heavy atom. The van der Waals surface area contributed by atoms with Gasteiger partial charge in [-0.1, -0.05) is 58.4 Å². The maximum absolute atomic E-state index is 12.9. The van der Waals surface area contributed by atoms with Crippen molar-refractivity contribution in [2.75, 3.05) is 0 Å². The molecule has 1 saturated heterocycles. The van der Waals surface area contributed by atoms with E-state index in [1.54, 1.807) is 36.4 Å². The van der Waals surface area contributed by atoms with Gasteiger partial charge in [0.2, 0.25) is 0 Å². The van der Waals surface area contributed by atoms with Crippen molar-refractivity contribution in [1.82, 2.24) is 4.90 Å². The van der Waals surface area contributed by atoms with E-state index in [9.17, 15) is 19.7 Å². The SMILES string of the molecule is O=C1S/C(=C\c2cc(Br)ccc2OCc2cccc([N+](=O)[O-])c2)C(=O)N1Cc1ccccc1. The van der Waals surface area contributed by atoms with Crippen LogP contribution in [-0.4, -0.2) is 21.0 Å². The summed E-state index contributed by atoms with van der Waals surface area (Å²) in [4.78, 5) is 37.4. The molecule has 0 aromatic heterocycles. The van der Waals surface area contributed by atoms with Gasteiger partial charge in [-0.3, -0.25) is 24.6 Å². The van der Waals surface area contributed by atoms with Gasteiger partial charge in [-0.2, -0.15) is 0 Å². The number of hydrogen-bond donors (Lipinski definition) is 0. The van der Waals surface area contributed by atoms with Crippen LogP contribution in [0.15, 0.2) is 82.2 Å². The molecule has 0 N–H and O–H groups in total. The molecule has 9 heteroatoms. The number of nitrogens with zero attached hydrogens (tertiary/aromatic N) is 2. The molecule has 1 fully saturated rings. The van der Waals surface area contributed by atoms with Gasteiger partial charge in [0, 0.05) is 22.2 Å². The first-order valence-electron chi connectivity index (χ1n) is 9.86. The van der Waals surface area contributed by atoms with E-state index >= 15 is 0 Å². The van der Waals surface area contributed by atoms with Crippen molar-refractivity contribution in [3.8, 4) is 5.75 Å². The van der Waals surface area contributed by atoms with E-state index in [0.29, 0.717) is 21.8 Å². The lowest BCUT2D eigenvalue weighted by molar-refractivity contribution is -0.384. The molecule has 0 spiro atoms. The van der Waals surface area contributed by atoms with Crippen LogP contribution in [0, 0.1) is 10.1 Å². The highest BCUT2D eigenvalue weighted by Gasteiger charge is 2.35. The number of ether oxygens (including phenoxy) is 1. The van der Waals surface area contributed by atoms with Crippen LogP contribution in [-0.2, 0) is 17.9 Å². The Morgan fingerprint density at radius 2 is 1.76 bits per heavy atom. The van der Waals surface area contributed by atoms with E-state index in [-0.39, 0.29) is 30.0 Å². The predicted molar refractivity (Wildman–Crippen MR) is 130 cm³/mol. The summed E-state index contributed by atoms with van der Waals surface area (Å²) >= 11 is 4.30. The summed E-state index contributed by atoms with van der Waals surface area (Å²) < 4.78 is 6.68. The van der Waals surface area contributed by atoms with Crippen molar-refractivity contribution >= 4 is 50.6 Å². The zero-order valence-electron chi connectivity index (χ0n) is 17.1. The minimum atomic E-state index is -0.458. The van der Waals surface area contributed by atoms with Gasteiger partial charge in [0.25, 0.3) is 16.8 Å². The Labute approximate surface area is 202 Å². The summed E-state index contributed by atoms with van der Waals surface area (Å²) in [5.74, 6) is 0.123. The Bertz CT molecular complexity index is 1260. The summed E-state index contributed by atoms with van der Waals surface area (Å²) in [6, 6.07) is 20.8. The summed E-state index contributed by atoms with van der Waals surface area (Å²) in [7, 11) is 0. The average Bonchev–Trinajstić information content (AvgIpc) is 3.07. The highest BCUT2D eigenvalue weighted by molar-refractivity contribution is 9.10. The minimum absolute atomic E-state index is 0.0146. The van der Waals surface area contributed by atoms with Crippen LogP contribution in [0.1, 0.15) is 16.7 Å². The van der Waals surface area contributed by atoms with Crippen LogP contribution in [0.3, 0.4) is 0 Å². The highest BCUT2D eigenvalue weighted by atomic mass is 79.9. The van der Waals surface area contributed by atoms with Crippen LogP contribution >= 0.6 is 27.7 Å². The number of hydrogen-bond acceptors (Lipinski definition) is 6. The number of non-ortho nitro benzene ring substituents is 1. The van der Waals surface area contributed by atoms with Crippen molar-refractivity contribution in [2.24, 2.45) is 0 Å². The summed E-state index contributed by atoms with van der Waals surface area (Å²) in [6.07, 6.45) is 1.63. The fourth-order valence-electron chi connectivity index (χ4n) is 3.23. The van der Waals surface area contributed by atoms with E-state index in [1.165, 1.54) is 17.0 Å². The third-order valence-corrected chi connectivity index (χ3v) is 6.23. The molecule has 166 valence electrons. The summed E-state index contributed by atoms with van der Waals surface area (Å²) in [5, 5.41) is 10.7. The van der Waals surface area contributed by atoms with E-state index in [4.69, 9.17) is 4.74 Å². The Balaban J connectivity index is 1.55. The number of imide groups is 1. The molecule has 0 bridgehead atoms. The monoisotopic (exact) mass is 524 g/mol. The lowest BCUT2D eigenvalue weighted by atomic mass is 10.1. The van der Waals surface area contributed by atoms with Gasteiger partial charge in [-0.25, -0.2) is 0 Å². The lowest BCUT2D eigenvalue weighted by Crippen LogP contribution is -2.27. The normalized spacial score (nSPS) is 14.7. The molecule has 1 aliphatic rings. The van der Waals surface area contributed by atoms with Gasteiger partial charge in [-0.15, -0.1) is 0 Å². The van der Waals surface area contributed by atoms with Crippen molar-refractivity contribution in [3.05, 3.63) is 109 Å². The van der Waals surface area contributed by atoms with Crippen molar-refractivity contribution in [3.63, 3.8) is 0 Å². The molecule has 7 nitrogen and oxygen atoms in total. The third-order valence-electron chi connectivity index (χ3n) is 4.83. The maximum atomic E-state index is 12.9. The number of thioether (sulfide) groups is 1. The number of carbonyl (C=O) groups is 2. The largest absolute Gasteiger partial charge is 0.488 e. The number of benzene rings is 3. The Morgan fingerprint density at radius 1 is 1.00 bits per heavy atom. The first-order valence-corrected chi connectivity index (χ1v) is 11.5. The van der Waals surface area contributed by atoms with Gasteiger partial charge < -0.3 is 4.74 Å². The number of carbonyl (C=O) groups excluding carboxylic acids is 2. The van der Waals surface area contributed by atoms with Crippen LogP contribution in [0.5, 0.6) is 5.75 Å². The van der Waals surface area contributed by atoms with Crippen LogP contribution in [0.2, 0.25) is 0 Å². The fourth-order valence-corrected chi connectivity index (χ4v) is 4.44. The molecule has 3 aromatic rings. The minimum Gasteiger partial charge on any atom is -0.488 e. The Hall–Kier alpha value is -3.43. The molecule has 0 saturated carbocycles. The summed E-state index contributed by atoms with van der Waals surface area (Å²) in [6.45, 7) is 0.317. The molecule has 1 aliphatic heterocycles. The van der Waals surface area contributed by atoms with Gasteiger partial charge >= 0.3 is 0 Å². The number of nitro benzene ring substituents is 1. The molecule has 0 radical (unpaired) electrons. The maximum Gasteiger partial charge on any atom is 0.293 e. The highest BCUT2D eigenvalue weighted by Crippen LogP contribution is 2.36. The Kier molecular flexibility index (Phi) is 6.90. The second-order valence-corrected chi connectivity index (χ2v) is 9.06. The molecule has 4 rings (SSSR count). The van der Waals surface area contributed by atoms with Crippen molar-refractivity contribution < 1.29 is 19.2 Å². The molecule has 0 atom stereocenters. The van der Waals surface area contributed by atoms with Gasteiger partial charge in [0.1, 0.15) is 12.4 Å². The van der Waals surface area contributed by atoms with Crippen molar-refractivity contribution in [1.29, 1.82) is 0 Å². The molecule has 3 aromatic carbocycles. The second-order valence-electron chi connectivity index (χ2n) is 7.15. The number of halogens is 1. The first-order chi connectivity index (χ1) is 15.9. The average molecular weight is 525 g/mol. The van der Waals surface area contributed by atoms with Crippen molar-refractivity contribution in [2.45, 2.75) is 13.2 Å². The standard InChI is InChI=1S/C24H17BrN2O5S/c25-19-9-10-21(32-15-17-7-4-8-20(11-17)27(30)31)18(12-19)13-22-23(28)26(24(29)33-22)14-16-5-2-1-3-6-16/h1-13H,14-15H2/b22-13-. The fraction of sp³-hybridized carbons (Fsp3) is 0.0833. The van der Waals surface area contributed by atoms with Crippen LogP contribution in [0.25, 0.3) is 6.08 Å². The van der Waals surface area contributed by atoms with Gasteiger partial charge in [0.15, 0.2) is 0 Å². The molecule has 1 heterocycles. The molecule has 0 unspecified atom stereocenters. The quantitative estimate of drug-likeness (QED) is 0.208. The first kappa shape index (κ1) is 22.8. The van der Waals surface area contributed by atoms with E-state index in [1.807, 2.05) is 30.3 Å². The number of amides is 2. The molecule has 33 heavy (non-hydrogen) atoms. The van der Waals surface area contributed by atoms with Gasteiger partial charge in [0.05, 0.1) is 16.4 Å². The third kappa shape index (κ3) is 5.50. The lowest BCUT2D eigenvalue weighted by Gasteiger charge is -2.12. The molecular weight excluding hydrogens is 508 g/mol.